The molecule has 126 valence electrons. The van der Waals surface area contributed by atoms with Gasteiger partial charge in [0.1, 0.15) is 18.0 Å². The molecule has 1 atom stereocenters. The van der Waals surface area contributed by atoms with Gasteiger partial charge in [-0.25, -0.2) is 0 Å². The summed E-state index contributed by atoms with van der Waals surface area (Å²) in [5.41, 5.74) is 2.73. The molecule has 3 heterocycles. The summed E-state index contributed by atoms with van der Waals surface area (Å²) in [6, 6.07) is 10.0. The van der Waals surface area contributed by atoms with E-state index in [4.69, 9.17) is 4.74 Å². The molecule has 1 aromatic carbocycles. The maximum absolute atomic E-state index is 12.0. The second-order valence-corrected chi connectivity index (χ2v) is 7.13. The van der Waals surface area contributed by atoms with Crippen LogP contribution in [0.25, 0.3) is 0 Å². The van der Waals surface area contributed by atoms with Crippen LogP contribution in [-0.4, -0.2) is 35.1 Å². The molecule has 1 unspecified atom stereocenters. The largest absolute Gasteiger partial charge is 0.487 e. The molecule has 0 saturated carbocycles. The molecule has 2 aliphatic heterocycles. The predicted octanol–water partition coefficient (Wildman–Crippen LogP) is 2.86. The fourth-order valence-electron chi connectivity index (χ4n) is 4.12. The first kappa shape index (κ1) is 15.6. The maximum atomic E-state index is 12.0. The quantitative estimate of drug-likeness (QED) is 0.876. The minimum atomic E-state index is -1.04. The molecule has 0 bridgehead atoms. The van der Waals surface area contributed by atoms with Gasteiger partial charge in [-0.3, -0.25) is 4.98 Å². The summed E-state index contributed by atoms with van der Waals surface area (Å²) in [4.78, 5) is 6.82. The van der Waals surface area contributed by atoms with E-state index in [-0.39, 0.29) is 5.92 Å². The lowest BCUT2D eigenvalue weighted by atomic mass is 9.71. The lowest BCUT2D eigenvalue weighted by Gasteiger charge is -2.41. The number of rotatable bonds is 1. The number of nitrogens with zero attached hydrogens (tertiary/aromatic N) is 2. The van der Waals surface area contributed by atoms with Gasteiger partial charge in [0.25, 0.3) is 0 Å². The summed E-state index contributed by atoms with van der Waals surface area (Å²) >= 11 is 0. The highest BCUT2D eigenvalue weighted by Crippen LogP contribution is 2.47. The van der Waals surface area contributed by atoms with E-state index in [1.54, 1.807) is 6.20 Å². The Morgan fingerprint density at radius 1 is 1.21 bits per heavy atom. The van der Waals surface area contributed by atoms with Crippen LogP contribution in [0.1, 0.15) is 35.2 Å². The summed E-state index contributed by atoms with van der Waals surface area (Å²) in [7, 11) is 2.14. The molecular weight excluding hydrogens is 300 g/mol. The van der Waals surface area contributed by atoms with Gasteiger partial charge in [0.05, 0.1) is 5.69 Å². The number of hydrogen-bond donors (Lipinski definition) is 1. The lowest BCUT2D eigenvalue weighted by Crippen LogP contribution is -2.43. The van der Waals surface area contributed by atoms with Crippen molar-refractivity contribution in [3.63, 3.8) is 0 Å². The van der Waals surface area contributed by atoms with E-state index in [1.165, 1.54) is 0 Å². The topological polar surface area (TPSA) is 45.6 Å². The zero-order valence-corrected chi connectivity index (χ0v) is 14.3. The normalized spacial score (nSPS) is 24.6. The third-order valence-electron chi connectivity index (χ3n) is 5.52. The number of hydrogen-bond acceptors (Lipinski definition) is 4. The van der Waals surface area contributed by atoms with E-state index in [9.17, 15) is 5.11 Å². The Kier molecular flexibility index (Phi) is 3.82. The molecule has 0 radical (unpaired) electrons. The molecule has 4 nitrogen and oxygen atoms in total. The van der Waals surface area contributed by atoms with E-state index in [2.05, 4.69) is 29.9 Å². The monoisotopic (exact) mass is 324 g/mol. The first-order valence-electron chi connectivity index (χ1n) is 8.68. The molecule has 4 rings (SSSR count). The van der Waals surface area contributed by atoms with Gasteiger partial charge in [-0.05, 0) is 63.5 Å². The number of fused-ring (bicyclic) bond motifs is 2. The van der Waals surface area contributed by atoms with E-state index >= 15 is 0 Å². The second kappa shape index (κ2) is 5.87. The number of aliphatic hydroxyl groups is 1. The Bertz CT molecular complexity index is 753. The van der Waals surface area contributed by atoms with Crippen molar-refractivity contribution in [1.82, 2.24) is 9.88 Å². The number of piperidine rings is 1. The van der Waals surface area contributed by atoms with Crippen LogP contribution in [0, 0.1) is 12.8 Å². The Morgan fingerprint density at radius 2 is 2.00 bits per heavy atom. The van der Waals surface area contributed by atoms with Gasteiger partial charge < -0.3 is 14.7 Å². The van der Waals surface area contributed by atoms with Crippen LogP contribution in [0.4, 0.5) is 0 Å². The van der Waals surface area contributed by atoms with Crippen molar-refractivity contribution in [3.05, 3.63) is 58.9 Å². The van der Waals surface area contributed by atoms with Gasteiger partial charge >= 0.3 is 0 Å². The Morgan fingerprint density at radius 3 is 2.79 bits per heavy atom. The molecule has 2 aromatic rings. The number of pyridine rings is 1. The molecular formula is C20H24N2O2. The molecule has 0 amide bonds. The maximum Gasteiger partial charge on any atom is 0.131 e. The number of aromatic nitrogens is 1. The number of ether oxygens (including phenoxy) is 1. The molecule has 1 N–H and O–H groups in total. The highest BCUT2D eigenvalue weighted by Gasteiger charge is 2.45. The molecule has 1 aromatic heterocycles. The zero-order valence-electron chi connectivity index (χ0n) is 14.3. The lowest BCUT2D eigenvalue weighted by molar-refractivity contribution is -0.0115. The van der Waals surface area contributed by atoms with Gasteiger partial charge in [-0.1, -0.05) is 18.2 Å². The van der Waals surface area contributed by atoms with Crippen molar-refractivity contribution in [1.29, 1.82) is 0 Å². The molecule has 4 heteroatoms. The van der Waals surface area contributed by atoms with Crippen LogP contribution in [0.15, 0.2) is 36.5 Å². The standard InChI is InChI=1S/C20H24N2O2/c1-14-5-6-17-19(12-14)24-13-18-16(4-3-9-21-18)20(17,23)15-7-10-22(2)11-8-15/h3-6,9,12,15,23H,7-8,10-11,13H2,1-2H3. The third kappa shape index (κ3) is 2.41. The number of likely N-dealkylation sites (tertiary alicyclic amines) is 1. The highest BCUT2D eigenvalue weighted by molar-refractivity contribution is 5.50. The predicted molar refractivity (Wildman–Crippen MR) is 93.0 cm³/mol. The van der Waals surface area contributed by atoms with Crippen LogP contribution in [0.5, 0.6) is 5.75 Å². The Labute approximate surface area is 143 Å². The smallest absolute Gasteiger partial charge is 0.131 e. The van der Waals surface area contributed by atoms with Crippen LogP contribution in [0.3, 0.4) is 0 Å². The second-order valence-electron chi connectivity index (χ2n) is 7.13. The highest BCUT2D eigenvalue weighted by atomic mass is 16.5. The zero-order chi connectivity index (χ0) is 16.7. The van der Waals surface area contributed by atoms with Gasteiger partial charge in [0, 0.05) is 17.3 Å². The molecule has 0 spiro atoms. The summed E-state index contributed by atoms with van der Waals surface area (Å²) in [5, 5.41) is 12.0. The van der Waals surface area contributed by atoms with E-state index in [0.717, 1.165) is 54.1 Å². The van der Waals surface area contributed by atoms with Crippen molar-refractivity contribution in [2.75, 3.05) is 20.1 Å². The van der Waals surface area contributed by atoms with Crippen molar-refractivity contribution >= 4 is 0 Å². The average molecular weight is 324 g/mol. The van der Waals surface area contributed by atoms with Crippen molar-refractivity contribution in [3.8, 4) is 5.75 Å². The molecule has 0 aliphatic carbocycles. The van der Waals surface area contributed by atoms with Crippen molar-refractivity contribution in [2.45, 2.75) is 32.0 Å². The number of benzene rings is 1. The van der Waals surface area contributed by atoms with Gasteiger partial charge in [-0.2, -0.15) is 0 Å². The van der Waals surface area contributed by atoms with Crippen LogP contribution >= 0.6 is 0 Å². The van der Waals surface area contributed by atoms with Crippen LogP contribution in [-0.2, 0) is 12.2 Å². The summed E-state index contributed by atoms with van der Waals surface area (Å²) in [5.74, 6) is 0.953. The fourth-order valence-corrected chi connectivity index (χ4v) is 4.12. The van der Waals surface area contributed by atoms with Crippen LogP contribution < -0.4 is 4.74 Å². The van der Waals surface area contributed by atoms with Crippen molar-refractivity contribution in [2.24, 2.45) is 5.92 Å². The molecule has 1 saturated heterocycles. The minimum Gasteiger partial charge on any atom is -0.487 e. The van der Waals surface area contributed by atoms with E-state index < -0.39 is 5.60 Å². The minimum absolute atomic E-state index is 0.166. The SMILES string of the molecule is Cc1ccc2c(c1)OCc1ncccc1C2(O)C1CCN(C)CC1. The Hall–Kier alpha value is -1.91. The Balaban J connectivity index is 1.90. The fraction of sp³-hybridized carbons (Fsp3) is 0.450. The summed E-state index contributed by atoms with van der Waals surface area (Å²) < 4.78 is 6.03. The van der Waals surface area contributed by atoms with Gasteiger partial charge in [-0.15, -0.1) is 0 Å². The summed E-state index contributed by atoms with van der Waals surface area (Å²) in [6.07, 6.45) is 3.71. The van der Waals surface area contributed by atoms with E-state index in [0.29, 0.717) is 6.61 Å². The first-order valence-corrected chi connectivity index (χ1v) is 8.68. The average Bonchev–Trinajstić information content (AvgIpc) is 2.71. The number of aryl methyl sites for hydroxylation is 1. The van der Waals surface area contributed by atoms with Crippen LogP contribution in [0.2, 0.25) is 0 Å². The first-order chi connectivity index (χ1) is 11.6. The van der Waals surface area contributed by atoms with Gasteiger partial charge in [0.15, 0.2) is 0 Å². The van der Waals surface area contributed by atoms with E-state index in [1.807, 2.05) is 24.3 Å². The van der Waals surface area contributed by atoms with Crippen molar-refractivity contribution < 1.29 is 9.84 Å². The summed E-state index contributed by atoms with van der Waals surface area (Å²) in [6.45, 7) is 4.46. The molecule has 2 aliphatic rings. The van der Waals surface area contributed by atoms with Gasteiger partial charge in [0.2, 0.25) is 0 Å². The molecule has 1 fully saturated rings. The third-order valence-corrected chi connectivity index (χ3v) is 5.52. The molecule has 24 heavy (non-hydrogen) atoms.